The van der Waals surface area contributed by atoms with Crippen molar-refractivity contribution in [2.24, 2.45) is 0 Å². The Balaban J connectivity index is 3.03. The van der Waals surface area contributed by atoms with Gasteiger partial charge in [-0.2, -0.15) is 0 Å². The number of aryl methyl sites for hydroxylation is 2. The fourth-order valence-electron chi connectivity index (χ4n) is 1.51. The van der Waals surface area contributed by atoms with E-state index in [0.717, 1.165) is 12.0 Å². The summed E-state index contributed by atoms with van der Waals surface area (Å²) in [5.74, 6) is -0.00792. The average molecular weight is 264 g/mol. The first-order valence-electron chi connectivity index (χ1n) is 6.27. The van der Waals surface area contributed by atoms with Crippen LogP contribution in [0.5, 0.6) is 5.75 Å². The average Bonchev–Trinajstić information content (AvgIpc) is 2.40. The molecule has 0 unspecified atom stereocenters. The van der Waals surface area contributed by atoms with Crippen molar-refractivity contribution in [3.63, 3.8) is 0 Å². The largest absolute Gasteiger partial charge is 0.514 e. The second-order valence-electron chi connectivity index (χ2n) is 5.35. The number of carbonyl (C=O) groups is 1. The number of rotatable bonds is 2. The molecule has 0 saturated heterocycles. The molecule has 0 aliphatic carbocycles. The first-order valence-corrected chi connectivity index (χ1v) is 6.27. The molecule has 19 heavy (non-hydrogen) atoms. The van der Waals surface area contributed by atoms with Crippen LogP contribution in [0.3, 0.4) is 0 Å². The Morgan fingerprint density at radius 1 is 1.26 bits per heavy atom. The van der Waals surface area contributed by atoms with Crippen LogP contribution in [0.4, 0.5) is 4.79 Å². The van der Waals surface area contributed by atoms with Gasteiger partial charge in [0.1, 0.15) is 5.60 Å². The van der Waals surface area contributed by atoms with Crippen LogP contribution < -0.4 is 10.2 Å². The minimum atomic E-state index is -0.867. The molecule has 0 bridgehead atoms. The lowest BCUT2D eigenvalue weighted by atomic mass is 10.2. The van der Waals surface area contributed by atoms with E-state index in [1.807, 2.05) is 6.92 Å². The maximum atomic E-state index is 12.0. The number of ether oxygens (including phenoxy) is 2. The quantitative estimate of drug-likeness (QED) is 0.769. The van der Waals surface area contributed by atoms with Gasteiger partial charge < -0.3 is 9.47 Å². The summed E-state index contributed by atoms with van der Waals surface area (Å²) in [6, 6.07) is 5.08. The van der Waals surface area contributed by atoms with Gasteiger partial charge in [-0.3, -0.25) is 4.79 Å². The molecule has 0 heterocycles. The van der Waals surface area contributed by atoms with E-state index >= 15 is 0 Å². The second kappa shape index (κ2) is 5.87. The normalized spacial score (nSPS) is 11.0. The van der Waals surface area contributed by atoms with Gasteiger partial charge in [-0.05, 0) is 45.7 Å². The summed E-state index contributed by atoms with van der Waals surface area (Å²) in [5, 5.41) is 0. The first-order chi connectivity index (χ1) is 8.73. The van der Waals surface area contributed by atoms with Crippen LogP contribution in [0.25, 0.3) is 0 Å². The maximum Gasteiger partial charge on any atom is 0.514 e. The summed E-state index contributed by atoms with van der Waals surface area (Å²) in [6.45, 7) is 8.89. The molecule has 0 aromatic heterocycles. The van der Waals surface area contributed by atoms with Crippen molar-refractivity contribution in [3.8, 4) is 5.75 Å². The zero-order valence-corrected chi connectivity index (χ0v) is 12.1. The Labute approximate surface area is 113 Å². The molecule has 0 radical (unpaired) electrons. The molecule has 0 aliphatic heterocycles. The molecule has 1 aromatic rings. The monoisotopic (exact) mass is 264 g/mol. The summed E-state index contributed by atoms with van der Waals surface area (Å²) < 4.78 is 10.0. The van der Waals surface area contributed by atoms with E-state index in [4.69, 9.17) is 9.47 Å². The van der Waals surface area contributed by atoms with Crippen molar-refractivity contribution in [1.82, 2.24) is 0 Å². The molecule has 0 atom stereocenters. The van der Waals surface area contributed by atoms with Gasteiger partial charge in [0.05, 0.1) is 0 Å². The number of hydrogen-bond donors (Lipinski definition) is 0. The van der Waals surface area contributed by atoms with Crippen molar-refractivity contribution in [3.05, 3.63) is 39.5 Å². The van der Waals surface area contributed by atoms with Crippen LogP contribution in [0.2, 0.25) is 0 Å². The Morgan fingerprint density at radius 3 is 2.42 bits per heavy atom. The highest BCUT2D eigenvalue weighted by molar-refractivity contribution is 5.64. The van der Waals surface area contributed by atoms with E-state index in [9.17, 15) is 9.59 Å². The molecule has 0 amide bonds. The van der Waals surface area contributed by atoms with Crippen LogP contribution in [0.1, 0.15) is 38.8 Å². The summed E-state index contributed by atoms with van der Waals surface area (Å²) in [7, 11) is 0. The van der Waals surface area contributed by atoms with Gasteiger partial charge in [0.25, 0.3) is 0 Å². The van der Waals surface area contributed by atoms with E-state index in [1.54, 1.807) is 39.8 Å². The third kappa shape index (κ3) is 4.73. The second-order valence-corrected chi connectivity index (χ2v) is 5.35. The van der Waals surface area contributed by atoms with Gasteiger partial charge >= 0.3 is 6.16 Å². The zero-order chi connectivity index (χ0) is 14.6. The first kappa shape index (κ1) is 15.2. The Bertz CT molecular complexity index is 527. The molecular formula is C15H20O4. The van der Waals surface area contributed by atoms with Gasteiger partial charge in [0.15, 0.2) is 5.75 Å². The van der Waals surface area contributed by atoms with Gasteiger partial charge in [-0.25, -0.2) is 4.79 Å². The predicted octanol–water partition coefficient (Wildman–Crippen LogP) is 3.23. The molecule has 0 fully saturated rings. The summed E-state index contributed by atoms with van der Waals surface area (Å²) in [4.78, 5) is 23.6. The molecule has 0 saturated carbocycles. The Morgan fingerprint density at radius 2 is 1.89 bits per heavy atom. The van der Waals surface area contributed by atoms with E-state index in [2.05, 4.69) is 0 Å². The van der Waals surface area contributed by atoms with Crippen molar-refractivity contribution in [2.75, 3.05) is 0 Å². The maximum absolute atomic E-state index is 12.0. The minimum absolute atomic E-state index is 0.00792. The molecule has 0 aliphatic rings. The van der Waals surface area contributed by atoms with Gasteiger partial charge in [0.2, 0.25) is 5.43 Å². The molecular weight excluding hydrogens is 244 g/mol. The topological polar surface area (TPSA) is 52.6 Å². The van der Waals surface area contributed by atoms with Crippen LogP contribution in [0, 0.1) is 6.92 Å². The molecule has 1 aromatic carbocycles. The molecule has 104 valence electrons. The highest BCUT2D eigenvalue weighted by Gasteiger charge is 2.19. The van der Waals surface area contributed by atoms with E-state index in [-0.39, 0.29) is 11.2 Å². The van der Waals surface area contributed by atoms with E-state index in [1.165, 1.54) is 6.07 Å². The van der Waals surface area contributed by atoms with Crippen molar-refractivity contribution < 1.29 is 14.3 Å². The molecule has 0 N–H and O–H groups in total. The van der Waals surface area contributed by atoms with Crippen LogP contribution in [0.15, 0.2) is 23.0 Å². The van der Waals surface area contributed by atoms with E-state index < -0.39 is 11.8 Å². The van der Waals surface area contributed by atoms with Crippen LogP contribution in [-0.4, -0.2) is 11.8 Å². The van der Waals surface area contributed by atoms with Crippen molar-refractivity contribution in [2.45, 2.75) is 46.6 Å². The highest BCUT2D eigenvalue weighted by Crippen LogP contribution is 2.12. The lowest BCUT2D eigenvalue weighted by Gasteiger charge is -2.18. The Hall–Kier alpha value is -1.84. The summed E-state index contributed by atoms with van der Waals surface area (Å²) in [5.41, 5.74) is 0.598. The van der Waals surface area contributed by atoms with Crippen LogP contribution >= 0.6 is 0 Å². The molecule has 1 rings (SSSR count). The minimum Gasteiger partial charge on any atom is -0.428 e. The number of hydrogen-bond acceptors (Lipinski definition) is 4. The van der Waals surface area contributed by atoms with Crippen LogP contribution in [-0.2, 0) is 11.2 Å². The van der Waals surface area contributed by atoms with Crippen molar-refractivity contribution >= 4 is 6.16 Å². The summed E-state index contributed by atoms with van der Waals surface area (Å²) >= 11 is 0. The van der Waals surface area contributed by atoms with Crippen molar-refractivity contribution in [1.29, 1.82) is 0 Å². The Kier molecular flexibility index (Phi) is 4.70. The van der Waals surface area contributed by atoms with Gasteiger partial charge in [-0.1, -0.05) is 19.1 Å². The van der Waals surface area contributed by atoms with E-state index in [0.29, 0.717) is 5.56 Å². The number of carbonyl (C=O) groups excluding carboxylic acids is 1. The third-order valence-corrected chi connectivity index (χ3v) is 2.42. The highest BCUT2D eigenvalue weighted by atomic mass is 16.7. The lowest BCUT2D eigenvalue weighted by molar-refractivity contribution is 0.0204. The fourth-order valence-corrected chi connectivity index (χ4v) is 1.51. The smallest absolute Gasteiger partial charge is 0.428 e. The summed E-state index contributed by atoms with van der Waals surface area (Å²) in [6.07, 6.45) is -0.0610. The predicted molar refractivity (Wildman–Crippen MR) is 73.7 cm³/mol. The zero-order valence-electron chi connectivity index (χ0n) is 12.1. The SMILES string of the molecule is CCc1ccc(OC(=O)OC(C)(C)C)c(=O)c(C)c1. The molecule has 0 spiro atoms. The van der Waals surface area contributed by atoms with Gasteiger partial charge in [0, 0.05) is 5.56 Å². The fraction of sp³-hybridized carbons (Fsp3) is 0.467. The molecule has 4 nitrogen and oxygen atoms in total. The standard InChI is InChI=1S/C15H20O4/c1-6-11-7-8-12(13(16)10(2)9-11)18-14(17)19-15(3,4)5/h7-9H,6H2,1-5H3. The lowest BCUT2D eigenvalue weighted by Crippen LogP contribution is -2.27. The third-order valence-electron chi connectivity index (χ3n) is 2.42. The van der Waals surface area contributed by atoms with Gasteiger partial charge in [-0.15, -0.1) is 0 Å². The molecule has 4 heteroatoms.